The van der Waals surface area contributed by atoms with Crippen LogP contribution in [0.2, 0.25) is 0 Å². The summed E-state index contributed by atoms with van der Waals surface area (Å²) in [6.07, 6.45) is 0. The molecule has 0 saturated heterocycles. The molecule has 0 aliphatic heterocycles. The first kappa shape index (κ1) is 15.6. The molecule has 0 bridgehead atoms. The van der Waals surface area contributed by atoms with Gasteiger partial charge >= 0.3 is 5.97 Å². The van der Waals surface area contributed by atoms with Crippen molar-refractivity contribution in [3.8, 4) is 5.75 Å². The molecule has 0 aliphatic rings. The smallest absolute Gasteiger partial charge is 0.338 e. The van der Waals surface area contributed by atoms with Crippen LogP contribution in [0.1, 0.15) is 21.5 Å². The summed E-state index contributed by atoms with van der Waals surface area (Å²) in [6.45, 7) is 3.46. The number of carbonyl (C=O) groups is 2. The van der Waals surface area contributed by atoms with Crippen molar-refractivity contribution in [2.24, 2.45) is 0 Å². The van der Waals surface area contributed by atoms with Crippen LogP contribution in [-0.4, -0.2) is 23.6 Å². The molecule has 2 aromatic carbocycles. The molecule has 2 N–H and O–H groups in total. The molecular formula is C17H17NO4. The highest BCUT2D eigenvalue weighted by Crippen LogP contribution is 2.19. The van der Waals surface area contributed by atoms with E-state index in [9.17, 15) is 14.7 Å². The predicted molar refractivity (Wildman–Crippen MR) is 83.4 cm³/mol. The fraction of sp³-hybridized carbons (Fsp3) is 0.176. The minimum Gasteiger partial charge on any atom is -0.484 e. The molecular weight excluding hydrogens is 282 g/mol. The second-order valence-corrected chi connectivity index (χ2v) is 4.95. The highest BCUT2D eigenvalue weighted by molar-refractivity contribution is 6.01. The standard InChI is InChI=1S/C17H17NO4/c1-11-6-8-13(9-7-11)22-10-15(19)18-14-5-3-4-12(2)16(14)17(20)21/h3-9H,10H2,1-2H3,(H,18,19)(H,20,21). The number of rotatable bonds is 5. The van der Waals surface area contributed by atoms with Crippen LogP contribution in [0.4, 0.5) is 5.69 Å². The van der Waals surface area contributed by atoms with Crippen LogP contribution < -0.4 is 10.1 Å². The lowest BCUT2D eigenvalue weighted by Gasteiger charge is -2.11. The minimum absolute atomic E-state index is 0.0891. The molecule has 0 radical (unpaired) electrons. The van der Waals surface area contributed by atoms with Gasteiger partial charge in [0.15, 0.2) is 6.61 Å². The molecule has 2 rings (SSSR count). The zero-order valence-corrected chi connectivity index (χ0v) is 12.4. The van der Waals surface area contributed by atoms with Gasteiger partial charge in [0.05, 0.1) is 11.3 Å². The number of carboxylic acids is 1. The Morgan fingerprint density at radius 2 is 1.77 bits per heavy atom. The average molecular weight is 299 g/mol. The Morgan fingerprint density at radius 1 is 1.09 bits per heavy atom. The van der Waals surface area contributed by atoms with E-state index in [1.807, 2.05) is 19.1 Å². The summed E-state index contributed by atoms with van der Waals surface area (Å²) in [5.74, 6) is -0.898. The summed E-state index contributed by atoms with van der Waals surface area (Å²) in [7, 11) is 0. The number of benzene rings is 2. The van der Waals surface area contributed by atoms with E-state index >= 15 is 0 Å². The van der Waals surface area contributed by atoms with Crippen LogP contribution in [0.25, 0.3) is 0 Å². The van der Waals surface area contributed by atoms with E-state index in [2.05, 4.69) is 5.32 Å². The Bertz CT molecular complexity index is 692. The Kier molecular flexibility index (Phi) is 4.78. The first-order chi connectivity index (χ1) is 10.5. The summed E-state index contributed by atoms with van der Waals surface area (Å²) in [4.78, 5) is 23.2. The third-order valence-electron chi connectivity index (χ3n) is 3.15. The van der Waals surface area contributed by atoms with Crippen LogP contribution >= 0.6 is 0 Å². The predicted octanol–water partition coefficient (Wildman–Crippen LogP) is 3.02. The molecule has 5 heteroatoms. The molecule has 0 saturated carbocycles. The minimum atomic E-state index is -1.08. The summed E-state index contributed by atoms with van der Waals surface area (Å²) in [5.41, 5.74) is 2.05. The van der Waals surface area contributed by atoms with Crippen LogP contribution in [0.15, 0.2) is 42.5 Å². The highest BCUT2D eigenvalue weighted by Gasteiger charge is 2.15. The van der Waals surface area contributed by atoms with Crippen molar-refractivity contribution in [3.63, 3.8) is 0 Å². The van der Waals surface area contributed by atoms with Crippen molar-refractivity contribution in [2.45, 2.75) is 13.8 Å². The lowest BCUT2D eigenvalue weighted by molar-refractivity contribution is -0.118. The summed E-state index contributed by atoms with van der Waals surface area (Å²) in [6, 6.07) is 12.3. The van der Waals surface area contributed by atoms with Gasteiger partial charge in [0, 0.05) is 0 Å². The number of hydrogen-bond acceptors (Lipinski definition) is 3. The lowest BCUT2D eigenvalue weighted by Crippen LogP contribution is -2.21. The van der Waals surface area contributed by atoms with E-state index in [0.29, 0.717) is 11.3 Å². The quantitative estimate of drug-likeness (QED) is 0.890. The van der Waals surface area contributed by atoms with Crippen molar-refractivity contribution in [2.75, 3.05) is 11.9 Å². The topological polar surface area (TPSA) is 75.6 Å². The van der Waals surface area contributed by atoms with Crippen LogP contribution in [0, 0.1) is 13.8 Å². The van der Waals surface area contributed by atoms with E-state index < -0.39 is 11.9 Å². The van der Waals surface area contributed by atoms with Gasteiger partial charge in [0.25, 0.3) is 5.91 Å². The van der Waals surface area contributed by atoms with E-state index in [-0.39, 0.29) is 17.9 Å². The van der Waals surface area contributed by atoms with Crippen molar-refractivity contribution < 1.29 is 19.4 Å². The zero-order chi connectivity index (χ0) is 16.1. The van der Waals surface area contributed by atoms with Crippen molar-refractivity contribution in [3.05, 3.63) is 59.2 Å². The maximum atomic E-state index is 11.9. The van der Waals surface area contributed by atoms with Gasteiger partial charge in [-0.1, -0.05) is 29.8 Å². The van der Waals surface area contributed by atoms with Gasteiger partial charge < -0.3 is 15.2 Å². The van der Waals surface area contributed by atoms with Gasteiger partial charge in [-0.25, -0.2) is 4.79 Å². The van der Waals surface area contributed by atoms with Gasteiger partial charge in [0.1, 0.15) is 5.75 Å². The Labute approximate surface area is 128 Å². The maximum absolute atomic E-state index is 11.9. The second kappa shape index (κ2) is 6.76. The molecule has 0 aromatic heterocycles. The van der Waals surface area contributed by atoms with Crippen LogP contribution in [0.5, 0.6) is 5.75 Å². The van der Waals surface area contributed by atoms with Crippen LogP contribution in [-0.2, 0) is 4.79 Å². The number of aryl methyl sites for hydroxylation is 2. The van der Waals surface area contributed by atoms with Crippen molar-refractivity contribution in [1.82, 2.24) is 0 Å². The summed E-state index contributed by atoms with van der Waals surface area (Å²) in [5, 5.41) is 11.8. The highest BCUT2D eigenvalue weighted by atomic mass is 16.5. The summed E-state index contributed by atoms with van der Waals surface area (Å²) < 4.78 is 5.37. The van der Waals surface area contributed by atoms with Gasteiger partial charge in [-0.2, -0.15) is 0 Å². The Balaban J connectivity index is 2.02. The van der Waals surface area contributed by atoms with Crippen molar-refractivity contribution in [1.29, 1.82) is 0 Å². The molecule has 0 atom stereocenters. The first-order valence-electron chi connectivity index (χ1n) is 6.79. The first-order valence-corrected chi connectivity index (χ1v) is 6.79. The largest absolute Gasteiger partial charge is 0.484 e. The van der Waals surface area contributed by atoms with E-state index in [0.717, 1.165) is 5.56 Å². The third-order valence-corrected chi connectivity index (χ3v) is 3.15. The SMILES string of the molecule is Cc1ccc(OCC(=O)Nc2cccc(C)c2C(=O)O)cc1. The summed E-state index contributed by atoms with van der Waals surface area (Å²) >= 11 is 0. The lowest BCUT2D eigenvalue weighted by atomic mass is 10.1. The molecule has 0 aliphatic carbocycles. The number of hydrogen-bond donors (Lipinski definition) is 2. The number of amides is 1. The van der Waals surface area contributed by atoms with E-state index in [1.165, 1.54) is 0 Å². The van der Waals surface area contributed by atoms with E-state index in [4.69, 9.17) is 4.74 Å². The number of carbonyl (C=O) groups excluding carboxylic acids is 1. The van der Waals surface area contributed by atoms with Crippen LogP contribution in [0.3, 0.4) is 0 Å². The zero-order valence-electron chi connectivity index (χ0n) is 12.4. The third kappa shape index (κ3) is 3.85. The number of aromatic carboxylic acids is 1. The van der Waals surface area contributed by atoms with Gasteiger partial charge in [-0.3, -0.25) is 4.79 Å². The van der Waals surface area contributed by atoms with Gasteiger partial charge in [-0.15, -0.1) is 0 Å². The number of carboxylic acid groups (broad SMARTS) is 1. The molecule has 0 unspecified atom stereocenters. The Morgan fingerprint density at radius 3 is 2.41 bits per heavy atom. The number of ether oxygens (including phenoxy) is 1. The van der Waals surface area contributed by atoms with E-state index in [1.54, 1.807) is 37.3 Å². The normalized spacial score (nSPS) is 10.1. The molecule has 114 valence electrons. The maximum Gasteiger partial charge on any atom is 0.338 e. The molecule has 22 heavy (non-hydrogen) atoms. The van der Waals surface area contributed by atoms with Gasteiger partial charge in [-0.05, 0) is 37.6 Å². The van der Waals surface area contributed by atoms with Crippen molar-refractivity contribution >= 4 is 17.6 Å². The molecule has 0 spiro atoms. The molecule has 0 heterocycles. The molecule has 1 amide bonds. The number of anilines is 1. The average Bonchev–Trinajstić information content (AvgIpc) is 2.46. The fourth-order valence-electron chi connectivity index (χ4n) is 2.03. The van der Waals surface area contributed by atoms with Gasteiger partial charge in [0.2, 0.25) is 0 Å². The number of nitrogens with one attached hydrogen (secondary N) is 1. The fourth-order valence-corrected chi connectivity index (χ4v) is 2.03. The molecule has 5 nitrogen and oxygen atoms in total. The molecule has 0 fully saturated rings. The monoisotopic (exact) mass is 299 g/mol. The molecule has 2 aromatic rings. The Hall–Kier alpha value is -2.82. The second-order valence-electron chi connectivity index (χ2n) is 4.95.